The number of rotatable bonds is 9. The number of methoxy groups -OCH3 is 1. The first kappa shape index (κ1) is 19.5. The second-order valence-corrected chi connectivity index (χ2v) is 6.48. The van der Waals surface area contributed by atoms with Crippen molar-refractivity contribution in [2.45, 2.75) is 19.4 Å². The highest BCUT2D eigenvalue weighted by Gasteiger charge is 2.11. The normalized spacial score (nSPS) is 10.3. The van der Waals surface area contributed by atoms with E-state index >= 15 is 0 Å². The van der Waals surface area contributed by atoms with Gasteiger partial charge in [0.25, 0.3) is 5.91 Å². The van der Waals surface area contributed by atoms with Crippen LogP contribution in [-0.2, 0) is 13.0 Å². The van der Waals surface area contributed by atoms with Gasteiger partial charge < -0.3 is 14.8 Å². The molecule has 0 fully saturated rings. The average Bonchev–Trinajstić information content (AvgIpc) is 2.76. The molecule has 3 rings (SSSR count). The Morgan fingerprint density at radius 3 is 2.46 bits per heavy atom. The summed E-state index contributed by atoms with van der Waals surface area (Å²) in [5.41, 5.74) is 2.82. The van der Waals surface area contributed by atoms with Crippen molar-refractivity contribution in [1.29, 1.82) is 0 Å². The van der Waals surface area contributed by atoms with E-state index in [2.05, 4.69) is 11.4 Å². The number of carbonyl (C=O) groups is 1. The van der Waals surface area contributed by atoms with Gasteiger partial charge in [0.1, 0.15) is 18.1 Å². The Bertz CT molecular complexity index is 893. The zero-order valence-electron chi connectivity index (χ0n) is 16.1. The molecule has 0 saturated carbocycles. The molecular weight excluding hydrogens is 350 g/mol. The summed E-state index contributed by atoms with van der Waals surface area (Å²) in [6, 6.07) is 25.3. The van der Waals surface area contributed by atoms with Crippen molar-refractivity contribution in [2.75, 3.05) is 13.7 Å². The molecule has 3 aromatic carbocycles. The first-order chi connectivity index (χ1) is 13.8. The first-order valence-corrected chi connectivity index (χ1v) is 9.43. The maximum absolute atomic E-state index is 12.6. The molecule has 0 aliphatic carbocycles. The van der Waals surface area contributed by atoms with Gasteiger partial charge in [0.15, 0.2) is 0 Å². The molecule has 0 unspecified atom stereocenters. The maximum Gasteiger partial charge on any atom is 0.255 e. The van der Waals surface area contributed by atoms with Crippen LogP contribution < -0.4 is 14.8 Å². The van der Waals surface area contributed by atoms with Crippen LogP contribution in [0.1, 0.15) is 27.9 Å². The van der Waals surface area contributed by atoms with Gasteiger partial charge in [0.2, 0.25) is 0 Å². The monoisotopic (exact) mass is 375 g/mol. The van der Waals surface area contributed by atoms with Crippen molar-refractivity contribution >= 4 is 5.91 Å². The molecule has 0 spiro atoms. The Morgan fingerprint density at radius 1 is 0.893 bits per heavy atom. The van der Waals surface area contributed by atoms with Gasteiger partial charge in [-0.3, -0.25) is 4.79 Å². The van der Waals surface area contributed by atoms with E-state index in [1.807, 2.05) is 66.7 Å². The van der Waals surface area contributed by atoms with Crippen LogP contribution in [0.3, 0.4) is 0 Å². The van der Waals surface area contributed by atoms with Crippen molar-refractivity contribution < 1.29 is 14.3 Å². The molecule has 4 heteroatoms. The minimum atomic E-state index is -0.116. The zero-order chi connectivity index (χ0) is 19.6. The third kappa shape index (κ3) is 5.61. The molecule has 0 atom stereocenters. The van der Waals surface area contributed by atoms with E-state index in [0.29, 0.717) is 24.5 Å². The van der Waals surface area contributed by atoms with E-state index in [1.165, 1.54) is 5.56 Å². The Labute approximate surface area is 166 Å². The number of hydrogen-bond donors (Lipinski definition) is 1. The molecule has 1 amide bonds. The average molecular weight is 375 g/mol. The quantitative estimate of drug-likeness (QED) is 0.555. The van der Waals surface area contributed by atoms with Gasteiger partial charge in [0.05, 0.1) is 12.7 Å². The van der Waals surface area contributed by atoms with Gasteiger partial charge in [-0.05, 0) is 48.2 Å². The summed E-state index contributed by atoms with van der Waals surface area (Å²) in [5.74, 6) is 1.33. The van der Waals surface area contributed by atoms with Crippen LogP contribution in [0.5, 0.6) is 11.5 Å². The summed E-state index contributed by atoms with van der Waals surface area (Å²) in [6.07, 6.45) is 1.73. The van der Waals surface area contributed by atoms with E-state index < -0.39 is 0 Å². The lowest BCUT2D eigenvalue weighted by atomic mass is 10.1. The molecule has 28 heavy (non-hydrogen) atoms. The molecule has 0 aromatic heterocycles. The second kappa shape index (κ2) is 10.2. The van der Waals surface area contributed by atoms with Crippen molar-refractivity contribution in [3.05, 3.63) is 95.6 Å². The third-order valence-electron chi connectivity index (χ3n) is 4.43. The molecule has 4 nitrogen and oxygen atoms in total. The molecule has 0 aliphatic rings. The topological polar surface area (TPSA) is 47.6 Å². The predicted octanol–water partition coefficient (Wildman–Crippen LogP) is 4.64. The Balaban J connectivity index is 1.51. The fourth-order valence-electron chi connectivity index (χ4n) is 2.93. The number of carbonyl (C=O) groups excluding carboxylic acids is 1. The van der Waals surface area contributed by atoms with Gasteiger partial charge in [0, 0.05) is 6.54 Å². The largest absolute Gasteiger partial charge is 0.497 e. The number of benzene rings is 3. The van der Waals surface area contributed by atoms with Crippen molar-refractivity contribution in [3.8, 4) is 11.5 Å². The number of para-hydroxylation sites is 1. The Morgan fingerprint density at radius 2 is 1.64 bits per heavy atom. The van der Waals surface area contributed by atoms with Crippen molar-refractivity contribution in [1.82, 2.24) is 5.32 Å². The molecule has 0 saturated heterocycles. The fourth-order valence-corrected chi connectivity index (χ4v) is 2.93. The highest BCUT2D eigenvalue weighted by Crippen LogP contribution is 2.19. The van der Waals surface area contributed by atoms with E-state index in [0.717, 1.165) is 24.2 Å². The predicted molar refractivity (Wildman–Crippen MR) is 111 cm³/mol. The number of aryl methyl sites for hydroxylation is 1. The smallest absolute Gasteiger partial charge is 0.255 e. The van der Waals surface area contributed by atoms with E-state index in [1.54, 1.807) is 13.2 Å². The molecular formula is C24H25NO3. The number of nitrogens with one attached hydrogen (secondary N) is 1. The molecule has 0 heterocycles. The summed E-state index contributed by atoms with van der Waals surface area (Å²) < 4.78 is 11.1. The van der Waals surface area contributed by atoms with E-state index in [9.17, 15) is 4.79 Å². The van der Waals surface area contributed by atoms with Crippen LogP contribution in [0.15, 0.2) is 78.9 Å². The highest BCUT2D eigenvalue weighted by molar-refractivity contribution is 5.96. The van der Waals surface area contributed by atoms with Gasteiger partial charge in [-0.2, -0.15) is 0 Å². The molecule has 144 valence electrons. The zero-order valence-corrected chi connectivity index (χ0v) is 16.1. The van der Waals surface area contributed by atoms with Crippen LogP contribution in [0.4, 0.5) is 0 Å². The second-order valence-electron chi connectivity index (χ2n) is 6.48. The highest BCUT2D eigenvalue weighted by atomic mass is 16.5. The van der Waals surface area contributed by atoms with Crippen LogP contribution in [0, 0.1) is 0 Å². The van der Waals surface area contributed by atoms with Crippen molar-refractivity contribution in [2.24, 2.45) is 0 Å². The molecule has 0 aliphatic heterocycles. The van der Waals surface area contributed by atoms with Crippen LogP contribution in [-0.4, -0.2) is 19.6 Å². The molecule has 1 N–H and O–H groups in total. The van der Waals surface area contributed by atoms with E-state index in [4.69, 9.17) is 9.47 Å². The Hall–Kier alpha value is -3.27. The van der Waals surface area contributed by atoms with Crippen molar-refractivity contribution in [3.63, 3.8) is 0 Å². The lowest BCUT2D eigenvalue weighted by Gasteiger charge is -2.12. The summed E-state index contributed by atoms with van der Waals surface area (Å²) in [4.78, 5) is 12.6. The summed E-state index contributed by atoms with van der Waals surface area (Å²) in [7, 11) is 1.66. The van der Waals surface area contributed by atoms with Crippen LogP contribution in [0.25, 0.3) is 0 Å². The van der Waals surface area contributed by atoms with E-state index in [-0.39, 0.29) is 5.91 Å². The third-order valence-corrected chi connectivity index (χ3v) is 4.43. The van der Waals surface area contributed by atoms with Gasteiger partial charge in [-0.15, -0.1) is 0 Å². The molecule has 0 bridgehead atoms. The minimum Gasteiger partial charge on any atom is -0.497 e. The number of hydrogen-bond acceptors (Lipinski definition) is 3. The summed E-state index contributed by atoms with van der Waals surface area (Å²) in [6.45, 7) is 1.03. The lowest BCUT2D eigenvalue weighted by molar-refractivity contribution is 0.0948. The van der Waals surface area contributed by atoms with Crippen LogP contribution >= 0.6 is 0 Å². The lowest BCUT2D eigenvalue weighted by Crippen LogP contribution is -2.25. The standard InChI is InChI=1S/C24H25NO3/c1-27-21-13-7-11-19(17-21)12-8-16-25-24(26)22-14-5-6-15-23(22)28-18-20-9-3-2-4-10-20/h2-7,9-11,13-15,17H,8,12,16,18H2,1H3,(H,25,26). The molecule has 3 aromatic rings. The fraction of sp³-hybridized carbons (Fsp3) is 0.208. The molecule has 0 radical (unpaired) electrons. The van der Waals surface area contributed by atoms with Gasteiger partial charge in [-0.1, -0.05) is 54.6 Å². The number of ether oxygens (including phenoxy) is 2. The maximum atomic E-state index is 12.6. The summed E-state index contributed by atoms with van der Waals surface area (Å²) in [5, 5.41) is 2.99. The SMILES string of the molecule is COc1cccc(CCCNC(=O)c2ccccc2OCc2ccccc2)c1. The number of amides is 1. The first-order valence-electron chi connectivity index (χ1n) is 9.43. The van der Waals surface area contributed by atoms with Gasteiger partial charge in [-0.25, -0.2) is 0 Å². The van der Waals surface area contributed by atoms with Gasteiger partial charge >= 0.3 is 0 Å². The Kier molecular flexibility index (Phi) is 7.08. The summed E-state index contributed by atoms with van der Waals surface area (Å²) >= 11 is 0. The van der Waals surface area contributed by atoms with Crippen LogP contribution in [0.2, 0.25) is 0 Å². The minimum absolute atomic E-state index is 0.116.